The monoisotopic (exact) mass is 259 g/mol. The molecule has 0 amide bonds. The molecule has 1 fully saturated rings. The second-order valence-corrected chi connectivity index (χ2v) is 4.36. The molecule has 0 aromatic heterocycles. The maximum atomic E-state index is 13.6. The largest absolute Gasteiger partial charge is 0.377 e. The van der Waals surface area contributed by atoms with E-state index in [2.05, 4.69) is 21.2 Å². The van der Waals surface area contributed by atoms with Gasteiger partial charge in [0.2, 0.25) is 0 Å². The number of ether oxygens (including phenoxy) is 1. The van der Waals surface area contributed by atoms with Crippen LogP contribution in [0.4, 0.5) is 4.39 Å². The fourth-order valence-corrected chi connectivity index (χ4v) is 1.97. The first-order valence-electron chi connectivity index (χ1n) is 4.40. The van der Waals surface area contributed by atoms with Gasteiger partial charge in [0.1, 0.15) is 5.82 Å². The van der Waals surface area contributed by atoms with E-state index in [1.54, 1.807) is 12.1 Å². The fourth-order valence-electron chi connectivity index (χ4n) is 1.60. The molecule has 0 aliphatic carbocycles. The van der Waals surface area contributed by atoms with E-state index >= 15 is 0 Å². The summed E-state index contributed by atoms with van der Waals surface area (Å²) in [4.78, 5) is 0. The lowest BCUT2D eigenvalue weighted by Gasteiger charge is -2.41. The van der Waals surface area contributed by atoms with Crippen LogP contribution in [0.5, 0.6) is 0 Å². The van der Waals surface area contributed by atoms with Crippen molar-refractivity contribution >= 4 is 15.9 Å². The normalized spacial score (nSPS) is 19.1. The van der Waals surface area contributed by atoms with Crippen molar-refractivity contribution in [3.8, 4) is 0 Å². The first kappa shape index (κ1) is 10.1. The molecule has 4 heteroatoms. The molecule has 2 rings (SSSR count). The van der Waals surface area contributed by atoms with Crippen LogP contribution in [0, 0.1) is 5.82 Å². The van der Waals surface area contributed by atoms with E-state index in [-0.39, 0.29) is 11.4 Å². The van der Waals surface area contributed by atoms with E-state index in [9.17, 15) is 4.39 Å². The van der Waals surface area contributed by atoms with Gasteiger partial charge in [-0.1, -0.05) is 15.9 Å². The molecule has 1 aromatic carbocycles. The Morgan fingerprint density at radius 1 is 1.50 bits per heavy atom. The first-order chi connectivity index (χ1) is 6.68. The topological polar surface area (TPSA) is 21.3 Å². The van der Waals surface area contributed by atoms with Crippen molar-refractivity contribution in [1.82, 2.24) is 5.32 Å². The molecule has 0 radical (unpaired) electrons. The summed E-state index contributed by atoms with van der Waals surface area (Å²) in [5.41, 5.74) is 0.328. The molecule has 0 spiro atoms. The van der Waals surface area contributed by atoms with Gasteiger partial charge >= 0.3 is 0 Å². The van der Waals surface area contributed by atoms with Gasteiger partial charge < -0.3 is 10.1 Å². The van der Waals surface area contributed by atoms with Crippen LogP contribution in [0.25, 0.3) is 0 Å². The van der Waals surface area contributed by atoms with Gasteiger partial charge in [0.15, 0.2) is 0 Å². The van der Waals surface area contributed by atoms with Gasteiger partial charge in [-0.3, -0.25) is 0 Å². The van der Waals surface area contributed by atoms with Crippen LogP contribution >= 0.6 is 15.9 Å². The Morgan fingerprint density at radius 3 is 2.71 bits per heavy atom. The molecule has 1 aromatic rings. The molecule has 0 atom stereocenters. The zero-order valence-electron chi connectivity index (χ0n) is 7.81. The zero-order valence-corrected chi connectivity index (χ0v) is 9.40. The molecule has 14 heavy (non-hydrogen) atoms. The third kappa shape index (κ3) is 1.47. The summed E-state index contributed by atoms with van der Waals surface area (Å²) < 4.78 is 19.6. The van der Waals surface area contributed by atoms with Crippen LogP contribution in [-0.2, 0) is 10.3 Å². The number of nitrogens with one attached hydrogen (secondary N) is 1. The summed E-state index contributed by atoms with van der Waals surface area (Å²) in [5.74, 6) is -0.189. The quantitative estimate of drug-likeness (QED) is 0.878. The maximum absolute atomic E-state index is 13.6. The number of benzene rings is 1. The van der Waals surface area contributed by atoms with Gasteiger partial charge in [-0.25, -0.2) is 4.39 Å². The van der Waals surface area contributed by atoms with Crippen LogP contribution in [-0.4, -0.2) is 20.3 Å². The van der Waals surface area contributed by atoms with Crippen molar-refractivity contribution in [2.45, 2.75) is 5.54 Å². The van der Waals surface area contributed by atoms with Crippen LogP contribution in [0.2, 0.25) is 0 Å². The second-order valence-electron chi connectivity index (χ2n) is 3.45. The molecule has 0 bridgehead atoms. The summed E-state index contributed by atoms with van der Waals surface area (Å²) in [7, 11) is 1.82. The van der Waals surface area contributed by atoms with Crippen molar-refractivity contribution in [2.75, 3.05) is 20.3 Å². The average Bonchev–Trinajstić information content (AvgIpc) is 2.10. The van der Waals surface area contributed by atoms with Crippen molar-refractivity contribution in [1.29, 1.82) is 0 Å². The Balaban J connectivity index is 2.43. The highest BCUT2D eigenvalue weighted by atomic mass is 79.9. The number of rotatable bonds is 2. The summed E-state index contributed by atoms with van der Waals surface area (Å²) in [6, 6.07) is 4.97. The Labute approximate surface area is 90.6 Å². The van der Waals surface area contributed by atoms with Gasteiger partial charge in [-0.15, -0.1) is 0 Å². The van der Waals surface area contributed by atoms with Crippen LogP contribution in [0.1, 0.15) is 5.56 Å². The number of halogens is 2. The predicted octanol–water partition coefficient (Wildman–Crippen LogP) is 2.03. The van der Waals surface area contributed by atoms with Gasteiger partial charge in [-0.2, -0.15) is 0 Å². The van der Waals surface area contributed by atoms with E-state index in [1.165, 1.54) is 6.07 Å². The third-order valence-corrected chi connectivity index (χ3v) is 3.11. The molecule has 0 unspecified atom stereocenters. The SMILES string of the molecule is CNC1(c2cc(Br)ccc2F)COC1. The summed E-state index contributed by atoms with van der Waals surface area (Å²) in [6.07, 6.45) is 0. The fraction of sp³-hybridized carbons (Fsp3) is 0.400. The smallest absolute Gasteiger partial charge is 0.128 e. The molecule has 76 valence electrons. The first-order valence-corrected chi connectivity index (χ1v) is 5.19. The Bertz CT molecular complexity index is 346. The van der Waals surface area contributed by atoms with Crippen LogP contribution in [0.15, 0.2) is 22.7 Å². The molecule has 2 nitrogen and oxygen atoms in total. The van der Waals surface area contributed by atoms with E-state index < -0.39 is 0 Å². The standard InChI is InChI=1S/C10H11BrFNO/c1-13-10(5-14-6-10)8-4-7(11)2-3-9(8)12/h2-4,13H,5-6H2,1H3. The Hall–Kier alpha value is -0.450. The van der Waals surface area contributed by atoms with E-state index in [0.717, 1.165) is 4.47 Å². The molecular formula is C10H11BrFNO. The number of hydrogen-bond donors (Lipinski definition) is 1. The molecule has 1 aliphatic heterocycles. The van der Waals surface area contributed by atoms with Crippen molar-refractivity contribution < 1.29 is 9.13 Å². The van der Waals surface area contributed by atoms with E-state index in [0.29, 0.717) is 18.8 Å². The third-order valence-electron chi connectivity index (χ3n) is 2.62. The van der Waals surface area contributed by atoms with Gasteiger partial charge in [-0.05, 0) is 25.2 Å². The average molecular weight is 260 g/mol. The Morgan fingerprint density at radius 2 is 2.21 bits per heavy atom. The summed E-state index contributed by atoms with van der Waals surface area (Å²) in [5, 5.41) is 3.11. The molecule has 1 N–H and O–H groups in total. The van der Waals surface area contributed by atoms with E-state index in [1.807, 2.05) is 7.05 Å². The minimum absolute atomic E-state index is 0.189. The highest BCUT2D eigenvalue weighted by Crippen LogP contribution is 2.32. The van der Waals surface area contributed by atoms with Crippen molar-refractivity contribution in [3.05, 3.63) is 34.1 Å². The minimum atomic E-state index is -0.339. The van der Waals surface area contributed by atoms with Crippen molar-refractivity contribution in [3.63, 3.8) is 0 Å². The lowest BCUT2D eigenvalue weighted by Crippen LogP contribution is -2.56. The highest BCUT2D eigenvalue weighted by molar-refractivity contribution is 9.10. The minimum Gasteiger partial charge on any atom is -0.377 e. The Kier molecular flexibility index (Phi) is 2.60. The highest BCUT2D eigenvalue weighted by Gasteiger charge is 2.40. The number of hydrogen-bond acceptors (Lipinski definition) is 2. The van der Waals surface area contributed by atoms with Gasteiger partial charge in [0.05, 0.1) is 18.8 Å². The zero-order chi connectivity index (χ0) is 10.2. The molecule has 1 aliphatic rings. The maximum Gasteiger partial charge on any atom is 0.128 e. The summed E-state index contributed by atoms with van der Waals surface area (Å²) in [6.45, 7) is 1.05. The summed E-state index contributed by atoms with van der Waals surface area (Å²) >= 11 is 3.34. The molecule has 1 heterocycles. The van der Waals surface area contributed by atoms with Crippen molar-refractivity contribution in [2.24, 2.45) is 0 Å². The van der Waals surface area contributed by atoms with Crippen LogP contribution < -0.4 is 5.32 Å². The molecule has 0 saturated carbocycles. The van der Waals surface area contributed by atoms with Gasteiger partial charge in [0.25, 0.3) is 0 Å². The lowest BCUT2D eigenvalue weighted by atomic mass is 9.88. The molecule has 1 saturated heterocycles. The van der Waals surface area contributed by atoms with Gasteiger partial charge in [0, 0.05) is 10.0 Å². The lowest BCUT2D eigenvalue weighted by molar-refractivity contribution is -0.0764. The number of likely N-dealkylation sites (N-methyl/N-ethyl adjacent to an activating group) is 1. The molecular weight excluding hydrogens is 249 g/mol. The second kappa shape index (κ2) is 3.61. The van der Waals surface area contributed by atoms with Crippen LogP contribution in [0.3, 0.4) is 0 Å². The van der Waals surface area contributed by atoms with E-state index in [4.69, 9.17) is 4.74 Å². The predicted molar refractivity (Wildman–Crippen MR) is 55.7 cm³/mol.